The number of hydrogen-bond donors (Lipinski definition) is 1. The summed E-state index contributed by atoms with van der Waals surface area (Å²) in [6.07, 6.45) is -1.25. The number of nitrogens with one attached hydrogen (secondary N) is 1. The Hall–Kier alpha value is -3.47. The second kappa shape index (κ2) is 7.84. The molecule has 0 spiro atoms. The van der Waals surface area contributed by atoms with E-state index in [0.717, 1.165) is 5.39 Å². The predicted molar refractivity (Wildman–Crippen MR) is 117 cm³/mol. The van der Waals surface area contributed by atoms with Crippen molar-refractivity contribution in [3.05, 3.63) is 42.0 Å². The van der Waals surface area contributed by atoms with E-state index in [2.05, 4.69) is 20.1 Å². The van der Waals surface area contributed by atoms with Gasteiger partial charge in [0, 0.05) is 48.7 Å². The van der Waals surface area contributed by atoms with Crippen LogP contribution >= 0.6 is 0 Å². The van der Waals surface area contributed by atoms with Crippen molar-refractivity contribution < 1.29 is 17.9 Å². The van der Waals surface area contributed by atoms with Crippen molar-refractivity contribution in [3.63, 3.8) is 0 Å². The van der Waals surface area contributed by atoms with Crippen LogP contribution in [0.3, 0.4) is 0 Å². The van der Waals surface area contributed by atoms with Crippen molar-refractivity contribution in [1.82, 2.24) is 29.7 Å². The van der Waals surface area contributed by atoms with Gasteiger partial charge in [-0.3, -0.25) is 4.68 Å². The minimum absolute atomic E-state index is 0.0103. The number of alkyl halides is 3. The standard InChI is InChI=1S/C22H22F3N7O/c1-12-11-33-9-8-32(12)17-10-16(18-13(2)31(3)30-19(18)22(23,24)25)28-21(29-17)15-5-7-27-20-14(15)4-6-26-20/h4-7,10,12H,8-9,11H2,1-3H3,(H,26,27)/t12-/m1/s1. The number of ether oxygens (including phenoxy) is 1. The van der Waals surface area contributed by atoms with Crippen LogP contribution < -0.4 is 4.90 Å². The molecule has 4 aromatic heterocycles. The summed E-state index contributed by atoms with van der Waals surface area (Å²) < 4.78 is 48.4. The van der Waals surface area contributed by atoms with Gasteiger partial charge in [-0.1, -0.05) is 0 Å². The zero-order chi connectivity index (χ0) is 23.3. The number of aromatic nitrogens is 6. The van der Waals surface area contributed by atoms with E-state index in [4.69, 9.17) is 9.72 Å². The molecule has 0 aliphatic carbocycles. The van der Waals surface area contributed by atoms with Gasteiger partial charge in [0.05, 0.1) is 30.5 Å². The molecule has 0 saturated carbocycles. The number of morpholine rings is 1. The van der Waals surface area contributed by atoms with Crippen LogP contribution in [0.1, 0.15) is 18.3 Å². The van der Waals surface area contributed by atoms with Crippen LogP contribution in [0.2, 0.25) is 0 Å². The molecule has 0 bridgehead atoms. The summed E-state index contributed by atoms with van der Waals surface area (Å²) in [5.41, 5.74) is 0.864. The predicted octanol–water partition coefficient (Wildman–Crippen LogP) is 3.97. The van der Waals surface area contributed by atoms with E-state index >= 15 is 0 Å². The highest BCUT2D eigenvalue weighted by atomic mass is 19.4. The molecule has 1 saturated heterocycles. The number of aromatic amines is 1. The first-order valence-electron chi connectivity index (χ1n) is 10.5. The van der Waals surface area contributed by atoms with Gasteiger partial charge in [-0.15, -0.1) is 0 Å². The third-order valence-corrected chi connectivity index (χ3v) is 5.93. The number of rotatable bonds is 3. The minimum atomic E-state index is -4.62. The Bertz CT molecular complexity index is 1330. The number of fused-ring (bicyclic) bond motifs is 1. The zero-order valence-electron chi connectivity index (χ0n) is 18.3. The third-order valence-electron chi connectivity index (χ3n) is 5.93. The van der Waals surface area contributed by atoms with Crippen molar-refractivity contribution in [2.45, 2.75) is 26.1 Å². The first-order chi connectivity index (χ1) is 15.7. The number of halogens is 3. The maximum atomic E-state index is 13.9. The van der Waals surface area contributed by atoms with Gasteiger partial charge < -0.3 is 14.6 Å². The smallest absolute Gasteiger partial charge is 0.377 e. The molecule has 0 radical (unpaired) electrons. The first kappa shape index (κ1) is 21.4. The number of nitrogens with zero attached hydrogens (tertiary/aromatic N) is 6. The summed E-state index contributed by atoms with van der Waals surface area (Å²) in [6.45, 7) is 5.19. The van der Waals surface area contributed by atoms with E-state index in [1.165, 1.54) is 11.7 Å². The minimum Gasteiger partial charge on any atom is -0.377 e. The van der Waals surface area contributed by atoms with E-state index in [-0.39, 0.29) is 17.3 Å². The molecule has 0 unspecified atom stereocenters. The van der Waals surface area contributed by atoms with Crippen LogP contribution in [0.4, 0.5) is 19.0 Å². The molecule has 8 nitrogen and oxygen atoms in total. The molecule has 5 rings (SSSR count). The number of anilines is 1. The van der Waals surface area contributed by atoms with Crippen molar-refractivity contribution in [2.75, 3.05) is 24.7 Å². The van der Waals surface area contributed by atoms with Gasteiger partial charge in [0.15, 0.2) is 11.5 Å². The van der Waals surface area contributed by atoms with E-state index in [1.807, 2.05) is 17.9 Å². The fourth-order valence-corrected chi connectivity index (χ4v) is 4.17. The lowest BCUT2D eigenvalue weighted by molar-refractivity contribution is -0.141. The number of aryl methyl sites for hydroxylation is 1. The molecule has 1 fully saturated rings. The summed E-state index contributed by atoms with van der Waals surface area (Å²) in [5, 5.41) is 4.53. The van der Waals surface area contributed by atoms with Crippen LogP contribution in [0.5, 0.6) is 0 Å². The lowest BCUT2D eigenvalue weighted by atomic mass is 10.1. The molecule has 1 aliphatic rings. The molecule has 4 aromatic rings. The molecule has 0 aromatic carbocycles. The molecule has 0 amide bonds. The highest BCUT2D eigenvalue weighted by Gasteiger charge is 2.39. The summed E-state index contributed by atoms with van der Waals surface area (Å²) >= 11 is 0. The number of H-pyrrole nitrogens is 1. The molecular weight excluding hydrogens is 435 g/mol. The summed E-state index contributed by atoms with van der Waals surface area (Å²) in [6, 6.07) is 5.24. The second-order valence-electron chi connectivity index (χ2n) is 8.08. The Morgan fingerprint density at radius 1 is 1.21 bits per heavy atom. The van der Waals surface area contributed by atoms with Crippen molar-refractivity contribution in [3.8, 4) is 22.6 Å². The van der Waals surface area contributed by atoms with Gasteiger partial charge in [-0.25, -0.2) is 15.0 Å². The third kappa shape index (κ3) is 3.71. The Labute approximate surface area is 187 Å². The van der Waals surface area contributed by atoms with E-state index in [9.17, 15) is 13.2 Å². The monoisotopic (exact) mass is 457 g/mol. The van der Waals surface area contributed by atoms with Crippen LogP contribution in [0.15, 0.2) is 30.6 Å². The fourth-order valence-electron chi connectivity index (χ4n) is 4.17. The molecule has 5 heterocycles. The molecule has 1 aliphatic heterocycles. The Kier molecular flexibility index (Phi) is 5.08. The van der Waals surface area contributed by atoms with Crippen LogP contribution in [-0.2, 0) is 18.0 Å². The van der Waals surface area contributed by atoms with Crippen LogP contribution in [0.25, 0.3) is 33.7 Å². The average molecular weight is 457 g/mol. The van der Waals surface area contributed by atoms with Gasteiger partial charge in [0.2, 0.25) is 0 Å². The lowest BCUT2D eigenvalue weighted by Crippen LogP contribution is -2.44. The van der Waals surface area contributed by atoms with Gasteiger partial charge in [-0.2, -0.15) is 18.3 Å². The highest BCUT2D eigenvalue weighted by molar-refractivity contribution is 5.91. The SMILES string of the molecule is Cc1c(-c2cc(N3CCOC[C@H]3C)nc(-c3ccnc4[nH]ccc34)n2)c(C(F)(F)F)nn1C. The van der Waals surface area contributed by atoms with Crippen molar-refractivity contribution in [2.24, 2.45) is 7.05 Å². The Balaban J connectivity index is 1.77. The lowest BCUT2D eigenvalue weighted by Gasteiger charge is -2.34. The Morgan fingerprint density at radius 3 is 2.79 bits per heavy atom. The van der Waals surface area contributed by atoms with Crippen LogP contribution in [-0.4, -0.2) is 55.5 Å². The zero-order valence-corrected chi connectivity index (χ0v) is 18.3. The molecule has 172 valence electrons. The van der Waals surface area contributed by atoms with Gasteiger partial charge in [0.1, 0.15) is 11.5 Å². The molecule has 11 heteroatoms. The van der Waals surface area contributed by atoms with Gasteiger partial charge in [-0.05, 0) is 26.0 Å². The van der Waals surface area contributed by atoms with Gasteiger partial charge in [0.25, 0.3) is 0 Å². The second-order valence-corrected chi connectivity index (χ2v) is 8.08. The molecular formula is C22H22F3N7O. The summed E-state index contributed by atoms with van der Waals surface area (Å²) in [7, 11) is 1.49. The van der Waals surface area contributed by atoms with Crippen molar-refractivity contribution in [1.29, 1.82) is 0 Å². The maximum Gasteiger partial charge on any atom is 0.435 e. The van der Waals surface area contributed by atoms with E-state index in [0.29, 0.717) is 48.3 Å². The van der Waals surface area contributed by atoms with Crippen molar-refractivity contribution >= 4 is 16.9 Å². The van der Waals surface area contributed by atoms with Crippen LogP contribution in [0, 0.1) is 6.92 Å². The normalized spacial score (nSPS) is 17.2. The molecule has 1 atom stereocenters. The topological polar surface area (TPSA) is 84.8 Å². The fraction of sp³-hybridized carbons (Fsp3) is 0.364. The highest BCUT2D eigenvalue weighted by Crippen LogP contribution is 2.39. The number of hydrogen-bond acceptors (Lipinski definition) is 6. The number of pyridine rings is 1. The summed E-state index contributed by atoms with van der Waals surface area (Å²) in [5.74, 6) is 0.868. The molecule has 33 heavy (non-hydrogen) atoms. The Morgan fingerprint density at radius 2 is 2.03 bits per heavy atom. The molecule has 1 N–H and O–H groups in total. The van der Waals surface area contributed by atoms with E-state index < -0.39 is 11.9 Å². The summed E-state index contributed by atoms with van der Waals surface area (Å²) in [4.78, 5) is 18.8. The largest absolute Gasteiger partial charge is 0.435 e. The van der Waals surface area contributed by atoms with E-state index in [1.54, 1.807) is 31.5 Å². The first-order valence-corrected chi connectivity index (χ1v) is 10.5. The maximum absolute atomic E-state index is 13.9. The quantitative estimate of drug-likeness (QED) is 0.501. The average Bonchev–Trinajstić information content (AvgIpc) is 3.38. The van der Waals surface area contributed by atoms with Gasteiger partial charge >= 0.3 is 6.18 Å².